The molecular formula is C29H32O3Sn. The van der Waals surface area contributed by atoms with E-state index >= 15 is 0 Å². The summed E-state index contributed by atoms with van der Waals surface area (Å²) in [5.74, 6) is 0.175. The summed E-state index contributed by atoms with van der Waals surface area (Å²) in [6, 6.07) is 33.2. The third-order valence-corrected chi connectivity index (χ3v) is 19.4. The molecule has 0 amide bonds. The second kappa shape index (κ2) is 11.7. The maximum atomic E-state index is 9.04. The Hall–Kier alpha value is -2.34. The molecule has 0 unspecified atom stereocenters. The van der Waals surface area contributed by atoms with Gasteiger partial charge in [-0.2, -0.15) is 0 Å². The van der Waals surface area contributed by atoms with E-state index in [9.17, 15) is 0 Å². The van der Waals surface area contributed by atoms with E-state index in [0.29, 0.717) is 6.61 Å². The van der Waals surface area contributed by atoms with Crippen LogP contribution >= 0.6 is 0 Å². The summed E-state index contributed by atoms with van der Waals surface area (Å²) in [6.45, 7) is 3.40. The second-order valence-corrected chi connectivity index (χ2v) is 18.8. The van der Waals surface area contributed by atoms with Gasteiger partial charge in [-0.3, -0.25) is 0 Å². The summed E-state index contributed by atoms with van der Waals surface area (Å²) in [5.41, 5.74) is 1.43. The summed E-state index contributed by atoms with van der Waals surface area (Å²) >= 11 is -3.51. The average molecular weight is 547 g/mol. The van der Waals surface area contributed by atoms with Crippen molar-refractivity contribution < 1.29 is 14.6 Å². The van der Waals surface area contributed by atoms with Crippen molar-refractivity contribution in [2.75, 3.05) is 19.8 Å². The molecule has 1 N–H and O–H groups in total. The van der Waals surface area contributed by atoms with Crippen LogP contribution in [0, 0.1) is 5.92 Å². The molecule has 0 bridgehead atoms. The molecule has 4 rings (SSSR count). The van der Waals surface area contributed by atoms with Gasteiger partial charge >= 0.3 is 202 Å². The molecule has 0 radical (unpaired) electrons. The molecule has 0 saturated carbocycles. The van der Waals surface area contributed by atoms with E-state index in [1.54, 1.807) is 12.3 Å². The van der Waals surface area contributed by atoms with Crippen molar-refractivity contribution in [1.29, 1.82) is 0 Å². The summed E-state index contributed by atoms with van der Waals surface area (Å²) in [5, 5.41) is 9.04. The summed E-state index contributed by atoms with van der Waals surface area (Å²) in [7, 11) is 0. The van der Waals surface area contributed by atoms with Crippen LogP contribution in [0.2, 0.25) is 0 Å². The van der Waals surface area contributed by atoms with Gasteiger partial charge in [0.2, 0.25) is 0 Å². The van der Waals surface area contributed by atoms with E-state index in [0.717, 1.165) is 13.0 Å². The van der Waals surface area contributed by atoms with Gasteiger partial charge in [0.1, 0.15) is 0 Å². The molecule has 3 aromatic carbocycles. The molecule has 1 fully saturated rings. The Labute approximate surface area is 201 Å². The van der Waals surface area contributed by atoms with Crippen LogP contribution in [0.4, 0.5) is 0 Å². The van der Waals surface area contributed by atoms with Gasteiger partial charge < -0.3 is 0 Å². The van der Waals surface area contributed by atoms with Gasteiger partial charge in [-0.25, -0.2) is 0 Å². The molecule has 3 nitrogen and oxygen atoms in total. The number of rotatable bonds is 8. The molecule has 170 valence electrons. The molecule has 33 heavy (non-hydrogen) atoms. The van der Waals surface area contributed by atoms with Crippen molar-refractivity contribution >= 4 is 29.1 Å². The van der Waals surface area contributed by atoms with Gasteiger partial charge in [-0.05, 0) is 0 Å². The Balaban J connectivity index is 1.90. The first-order chi connectivity index (χ1) is 16.3. The van der Waals surface area contributed by atoms with Crippen LogP contribution in [0.5, 0.6) is 0 Å². The standard InChI is InChI=1S/C11H17O3.3C6H5.Sn/c1-9-4-7-14-10(2)11(9)8-13-6-3-5-12;3*1-2-4-6-5-3-1;/h1,3,6,10-12H,4-5,7-8H2,2H3;3*1-5H;/b6-3+,9-1?;;;;/t10-,11-;;;;/m0..../s1. The summed E-state index contributed by atoms with van der Waals surface area (Å²) < 4.78 is 18.8. The Morgan fingerprint density at radius 2 is 1.39 bits per heavy atom. The predicted molar refractivity (Wildman–Crippen MR) is 138 cm³/mol. The Kier molecular flexibility index (Phi) is 8.43. The van der Waals surface area contributed by atoms with E-state index in [2.05, 4.69) is 102 Å². The maximum absolute atomic E-state index is 9.04. The van der Waals surface area contributed by atoms with Crippen LogP contribution in [-0.4, -0.2) is 49.4 Å². The molecule has 0 spiro atoms. The zero-order valence-electron chi connectivity index (χ0n) is 19.1. The van der Waals surface area contributed by atoms with Crippen LogP contribution in [0.15, 0.2) is 113 Å². The van der Waals surface area contributed by atoms with Gasteiger partial charge in [0.15, 0.2) is 0 Å². The van der Waals surface area contributed by atoms with E-state index in [4.69, 9.17) is 14.6 Å². The van der Waals surface area contributed by atoms with E-state index in [-0.39, 0.29) is 18.6 Å². The molecule has 2 atom stereocenters. The molecule has 0 aromatic heterocycles. The number of hydrogen-bond donors (Lipinski definition) is 1. The normalized spacial score (nSPS) is 20.2. The van der Waals surface area contributed by atoms with Crippen LogP contribution in [0.1, 0.15) is 13.3 Å². The van der Waals surface area contributed by atoms with Crippen LogP contribution in [0.25, 0.3) is 0 Å². The zero-order chi connectivity index (χ0) is 22.9. The minimum atomic E-state index is -3.51. The number of aliphatic hydroxyl groups is 1. The summed E-state index contributed by atoms with van der Waals surface area (Å²) in [4.78, 5) is 0. The van der Waals surface area contributed by atoms with Crippen molar-refractivity contribution in [3.63, 3.8) is 0 Å². The number of hydrogen-bond acceptors (Lipinski definition) is 3. The third-order valence-electron chi connectivity index (χ3n) is 6.48. The number of ether oxygens (including phenoxy) is 2. The van der Waals surface area contributed by atoms with Crippen LogP contribution in [0.3, 0.4) is 0 Å². The fraction of sp³-hybridized carbons (Fsp3) is 0.241. The molecule has 1 aliphatic rings. The van der Waals surface area contributed by atoms with Gasteiger partial charge in [0.25, 0.3) is 0 Å². The molecule has 4 heteroatoms. The third kappa shape index (κ3) is 5.43. The van der Waals surface area contributed by atoms with Gasteiger partial charge in [-0.1, -0.05) is 0 Å². The fourth-order valence-electron chi connectivity index (χ4n) is 4.79. The second-order valence-electron chi connectivity index (χ2n) is 8.45. The van der Waals surface area contributed by atoms with E-state index in [1.165, 1.54) is 16.3 Å². The number of aliphatic hydroxyl groups excluding tert-OH is 1. The SMILES string of the molecule is C[C@@H]1OCC/C(=[CH]\[Sn]([c]2ccccc2)([c]2ccccc2)[c]2ccccc2)[C@@H]1CO/C=C/CO. The Morgan fingerprint density at radius 3 is 1.88 bits per heavy atom. The molecule has 1 saturated heterocycles. The molecule has 3 aromatic rings. The average Bonchev–Trinajstić information content (AvgIpc) is 2.88. The van der Waals surface area contributed by atoms with Gasteiger partial charge in [0, 0.05) is 0 Å². The first kappa shape index (κ1) is 23.8. The molecule has 1 aliphatic heterocycles. The van der Waals surface area contributed by atoms with Crippen molar-refractivity contribution in [1.82, 2.24) is 0 Å². The Bertz CT molecular complexity index is 951. The molecular weight excluding hydrogens is 515 g/mol. The van der Waals surface area contributed by atoms with E-state index < -0.39 is 18.4 Å². The Morgan fingerprint density at radius 1 is 0.879 bits per heavy atom. The van der Waals surface area contributed by atoms with Crippen LogP contribution in [-0.2, 0) is 9.47 Å². The quantitative estimate of drug-likeness (QED) is 0.347. The molecule has 0 aliphatic carbocycles. The van der Waals surface area contributed by atoms with Crippen molar-refractivity contribution in [3.05, 3.63) is 113 Å². The van der Waals surface area contributed by atoms with Crippen molar-refractivity contribution in [3.8, 4) is 0 Å². The van der Waals surface area contributed by atoms with Crippen molar-refractivity contribution in [2.45, 2.75) is 19.4 Å². The zero-order valence-corrected chi connectivity index (χ0v) is 22.0. The fourth-order valence-corrected chi connectivity index (χ4v) is 17.8. The van der Waals surface area contributed by atoms with Gasteiger partial charge in [-0.15, -0.1) is 0 Å². The monoisotopic (exact) mass is 548 g/mol. The van der Waals surface area contributed by atoms with Crippen molar-refractivity contribution in [2.24, 2.45) is 5.92 Å². The van der Waals surface area contributed by atoms with E-state index in [1.807, 2.05) is 0 Å². The van der Waals surface area contributed by atoms with Gasteiger partial charge in [0.05, 0.1) is 0 Å². The predicted octanol–water partition coefficient (Wildman–Crippen LogP) is 3.57. The first-order valence-electron chi connectivity index (χ1n) is 11.6. The van der Waals surface area contributed by atoms with Crippen LogP contribution < -0.4 is 10.7 Å². The topological polar surface area (TPSA) is 38.7 Å². The summed E-state index contributed by atoms with van der Waals surface area (Å²) in [6.07, 6.45) is 4.21. The molecule has 1 heterocycles. The first-order valence-corrected chi connectivity index (χ1v) is 17.6. The number of benzene rings is 3. The minimum absolute atomic E-state index is 0.0188.